The van der Waals surface area contributed by atoms with E-state index in [1.54, 1.807) is 0 Å². The molecule has 3 aromatic rings. The minimum Gasteiger partial charge on any atom is -0.481 e. The maximum atomic E-state index is 6.17. The van der Waals surface area contributed by atoms with Crippen molar-refractivity contribution in [1.82, 2.24) is 0 Å². The molecule has 2 aliphatic rings. The molecule has 0 bridgehead atoms. The van der Waals surface area contributed by atoms with E-state index < -0.39 is 0 Å². The van der Waals surface area contributed by atoms with Gasteiger partial charge in [-0.05, 0) is 36.4 Å². The lowest BCUT2D eigenvalue weighted by Crippen LogP contribution is -2.16. The van der Waals surface area contributed by atoms with Crippen molar-refractivity contribution in [2.45, 2.75) is 12.0 Å². The summed E-state index contributed by atoms with van der Waals surface area (Å²) in [5.74, 6) is 1.13. The predicted molar refractivity (Wildman–Crippen MR) is 94.7 cm³/mol. The van der Waals surface area contributed by atoms with Crippen LogP contribution in [0.4, 0.5) is 0 Å². The first-order valence-corrected chi connectivity index (χ1v) is 8.66. The van der Waals surface area contributed by atoms with Crippen LogP contribution in [0.5, 0.6) is 5.75 Å². The summed E-state index contributed by atoms with van der Waals surface area (Å²) in [6, 6.07) is 10.4. The molecule has 4 heteroatoms. The highest BCUT2D eigenvalue weighted by Gasteiger charge is 2.35. The van der Waals surface area contributed by atoms with E-state index in [9.17, 15) is 0 Å². The van der Waals surface area contributed by atoms with Gasteiger partial charge in [-0.1, -0.05) is 44.0 Å². The third-order valence-corrected chi connectivity index (χ3v) is 5.36. The maximum absolute atomic E-state index is 6.17. The molecule has 2 atom stereocenters. The smallest absolute Gasteiger partial charge is 0.177 e. The molecule has 2 aromatic carbocycles. The van der Waals surface area contributed by atoms with E-state index in [1.165, 1.54) is 5.56 Å². The van der Waals surface area contributed by atoms with Gasteiger partial charge in [0.05, 0.1) is 0 Å². The van der Waals surface area contributed by atoms with Crippen LogP contribution in [0.1, 0.15) is 11.5 Å². The Kier molecular flexibility index (Phi) is 2.65. The van der Waals surface area contributed by atoms with Gasteiger partial charge in [-0.2, -0.15) is 0 Å². The number of ether oxygens (including phenoxy) is 1. The Morgan fingerprint density at radius 1 is 1.00 bits per heavy atom. The van der Waals surface area contributed by atoms with Gasteiger partial charge in [-0.15, -0.1) is 0 Å². The number of halogens is 2. The first kappa shape index (κ1) is 13.0. The molecule has 22 heavy (non-hydrogen) atoms. The number of furan rings is 1. The van der Waals surface area contributed by atoms with E-state index in [-0.39, 0.29) is 12.0 Å². The number of benzene rings is 2. The van der Waals surface area contributed by atoms with Gasteiger partial charge >= 0.3 is 0 Å². The fourth-order valence-corrected chi connectivity index (χ4v) is 4.13. The summed E-state index contributed by atoms with van der Waals surface area (Å²) in [7, 11) is 0. The van der Waals surface area contributed by atoms with Gasteiger partial charge < -0.3 is 9.15 Å². The Morgan fingerprint density at radius 3 is 2.82 bits per heavy atom. The Hall–Kier alpha value is -1.52. The normalized spacial score (nSPS) is 22.5. The van der Waals surface area contributed by atoms with Crippen LogP contribution >= 0.6 is 31.9 Å². The molecule has 2 unspecified atom stereocenters. The van der Waals surface area contributed by atoms with Crippen molar-refractivity contribution in [1.29, 1.82) is 0 Å². The van der Waals surface area contributed by atoms with Gasteiger partial charge in [0.15, 0.2) is 11.3 Å². The van der Waals surface area contributed by atoms with Crippen LogP contribution in [0.3, 0.4) is 0 Å². The number of fused-ring (bicyclic) bond motifs is 7. The van der Waals surface area contributed by atoms with Gasteiger partial charge in [-0.3, -0.25) is 0 Å². The van der Waals surface area contributed by atoms with Crippen LogP contribution < -0.4 is 4.74 Å². The third kappa shape index (κ3) is 1.71. The molecular weight excluding hydrogens is 408 g/mol. The lowest BCUT2D eigenvalue weighted by molar-refractivity contribution is 0.269. The summed E-state index contributed by atoms with van der Waals surface area (Å²) in [6.07, 6.45) is 6.39. The van der Waals surface area contributed by atoms with Crippen LogP contribution in [0, 0.1) is 0 Å². The highest BCUT2D eigenvalue weighted by molar-refractivity contribution is 9.12. The molecule has 2 heterocycles. The summed E-state index contributed by atoms with van der Waals surface area (Å²) in [6.45, 7) is 0. The number of rotatable bonds is 0. The fourth-order valence-electron chi connectivity index (χ4n) is 3.33. The van der Waals surface area contributed by atoms with Gasteiger partial charge in [0.1, 0.15) is 11.7 Å². The topological polar surface area (TPSA) is 22.4 Å². The molecule has 1 aromatic heterocycles. The summed E-state index contributed by atoms with van der Waals surface area (Å²) in [5.41, 5.74) is 2.92. The molecule has 0 saturated carbocycles. The van der Waals surface area contributed by atoms with E-state index >= 15 is 0 Å². The van der Waals surface area contributed by atoms with Crippen molar-refractivity contribution in [3.63, 3.8) is 0 Å². The molecule has 0 radical (unpaired) electrons. The Bertz CT molecular complexity index is 997. The quantitative estimate of drug-likeness (QED) is 0.444. The Labute approximate surface area is 143 Å². The van der Waals surface area contributed by atoms with Crippen molar-refractivity contribution >= 4 is 53.8 Å². The van der Waals surface area contributed by atoms with Gasteiger partial charge in [0.25, 0.3) is 0 Å². The number of hydrogen-bond acceptors (Lipinski definition) is 2. The van der Waals surface area contributed by atoms with Crippen molar-refractivity contribution < 1.29 is 9.15 Å². The van der Waals surface area contributed by atoms with Crippen LogP contribution in [0.25, 0.3) is 21.9 Å². The standard InChI is InChI=1S/C18H10Br2O2/c19-9-1-5-15-13(7-9)11-3-4-12-14-8-10(20)2-6-16(14)22-18(12)17(11)21-15/h1-8,13,15H. The summed E-state index contributed by atoms with van der Waals surface area (Å²) in [5, 5.41) is 2.21. The van der Waals surface area contributed by atoms with Crippen molar-refractivity contribution in [2.75, 3.05) is 0 Å². The second-order valence-electron chi connectivity index (χ2n) is 5.62. The minimum absolute atomic E-state index is 0.0573. The van der Waals surface area contributed by atoms with E-state index in [0.29, 0.717) is 0 Å². The van der Waals surface area contributed by atoms with Crippen LogP contribution in [0.15, 0.2) is 61.9 Å². The van der Waals surface area contributed by atoms with Crippen LogP contribution in [0.2, 0.25) is 0 Å². The maximum Gasteiger partial charge on any atom is 0.177 e. The second-order valence-corrected chi connectivity index (χ2v) is 7.45. The van der Waals surface area contributed by atoms with Crippen LogP contribution in [-0.4, -0.2) is 6.10 Å². The van der Waals surface area contributed by atoms with Gasteiger partial charge in [0, 0.05) is 31.2 Å². The molecule has 1 aliphatic carbocycles. The summed E-state index contributed by atoms with van der Waals surface area (Å²) in [4.78, 5) is 0. The van der Waals surface area contributed by atoms with Crippen molar-refractivity contribution in [3.8, 4) is 5.75 Å². The Balaban J connectivity index is 1.81. The molecule has 108 valence electrons. The first-order chi connectivity index (χ1) is 10.7. The zero-order valence-corrected chi connectivity index (χ0v) is 14.5. The number of allylic oxidation sites excluding steroid dienone is 2. The molecule has 0 amide bonds. The van der Waals surface area contributed by atoms with Crippen molar-refractivity contribution in [2.24, 2.45) is 0 Å². The molecule has 0 N–H and O–H groups in total. The van der Waals surface area contributed by atoms with Gasteiger partial charge in [-0.25, -0.2) is 0 Å². The molecule has 0 saturated heterocycles. The fraction of sp³-hybridized carbons (Fsp3) is 0.111. The lowest BCUT2D eigenvalue weighted by atomic mass is 9.91. The zero-order valence-electron chi connectivity index (χ0n) is 11.3. The third-order valence-electron chi connectivity index (χ3n) is 4.34. The first-order valence-electron chi connectivity index (χ1n) is 7.07. The van der Waals surface area contributed by atoms with Crippen LogP contribution in [-0.2, 0) is 0 Å². The highest BCUT2D eigenvalue weighted by Crippen LogP contribution is 2.48. The second kappa shape index (κ2) is 4.49. The van der Waals surface area contributed by atoms with E-state index in [0.717, 1.165) is 36.6 Å². The molecule has 5 rings (SSSR count). The van der Waals surface area contributed by atoms with E-state index in [2.05, 4.69) is 62.2 Å². The lowest BCUT2D eigenvalue weighted by Gasteiger charge is -2.15. The molecular formula is C18H10Br2O2. The molecule has 0 spiro atoms. The van der Waals surface area contributed by atoms with E-state index in [4.69, 9.17) is 9.15 Å². The molecule has 2 nitrogen and oxygen atoms in total. The van der Waals surface area contributed by atoms with Gasteiger partial charge in [0.2, 0.25) is 0 Å². The molecule has 1 aliphatic heterocycles. The minimum atomic E-state index is 0.0573. The highest BCUT2D eigenvalue weighted by atomic mass is 79.9. The SMILES string of the molecule is BrC1=CC2c3ccc4c(oc5ccc(Br)cc54)c3OC2C=C1. The zero-order chi connectivity index (χ0) is 14.8. The largest absolute Gasteiger partial charge is 0.481 e. The Morgan fingerprint density at radius 2 is 1.91 bits per heavy atom. The summed E-state index contributed by atoms with van der Waals surface area (Å²) >= 11 is 7.08. The monoisotopic (exact) mass is 416 g/mol. The number of hydrogen-bond donors (Lipinski definition) is 0. The van der Waals surface area contributed by atoms with Crippen molar-refractivity contribution in [3.05, 3.63) is 63.1 Å². The van der Waals surface area contributed by atoms with E-state index in [1.807, 2.05) is 18.2 Å². The predicted octanol–water partition coefficient (Wildman–Crippen LogP) is 6.04. The molecule has 0 fully saturated rings. The summed E-state index contributed by atoms with van der Waals surface area (Å²) < 4.78 is 14.4. The average Bonchev–Trinajstić information content (AvgIpc) is 3.05. The average molecular weight is 418 g/mol.